The highest BCUT2D eigenvalue weighted by molar-refractivity contribution is 5.68. The van der Waals surface area contributed by atoms with Gasteiger partial charge in [-0.25, -0.2) is 9.78 Å². The molecule has 0 radical (unpaired) electrons. The molecule has 1 aromatic heterocycles. The number of aryl methyl sites for hydroxylation is 1. The van der Waals surface area contributed by atoms with Gasteiger partial charge in [0.2, 0.25) is 0 Å². The fourth-order valence-corrected chi connectivity index (χ4v) is 1.58. The molecule has 0 fully saturated rings. The van der Waals surface area contributed by atoms with Crippen molar-refractivity contribution in [3.8, 4) is 0 Å². The van der Waals surface area contributed by atoms with Gasteiger partial charge in [-0.05, 0) is 33.6 Å². The molecule has 0 saturated heterocycles. The van der Waals surface area contributed by atoms with E-state index >= 15 is 0 Å². The molecule has 5 nitrogen and oxygen atoms in total. The van der Waals surface area contributed by atoms with Crippen molar-refractivity contribution in [2.45, 2.75) is 53.2 Å². The van der Waals surface area contributed by atoms with E-state index in [1.807, 2.05) is 41.5 Å². The molecule has 0 aromatic carbocycles. The van der Waals surface area contributed by atoms with E-state index in [4.69, 9.17) is 4.74 Å². The largest absolute Gasteiger partial charge is 0.444 e. The van der Waals surface area contributed by atoms with Crippen LogP contribution in [0.15, 0.2) is 6.20 Å². The number of nitrogens with one attached hydrogen (secondary N) is 2. The Bertz CT molecular complexity index is 405. The summed E-state index contributed by atoms with van der Waals surface area (Å²) in [6.45, 7) is 11.5. The highest BCUT2D eigenvalue weighted by Gasteiger charge is 2.24. The zero-order chi connectivity index (χ0) is 13.9. The summed E-state index contributed by atoms with van der Waals surface area (Å²) in [6, 6.07) is -0.173. The number of H-pyrrole nitrogens is 1. The van der Waals surface area contributed by atoms with Crippen LogP contribution >= 0.6 is 0 Å². The molecule has 1 aromatic rings. The van der Waals surface area contributed by atoms with E-state index in [1.165, 1.54) is 0 Å². The molecule has 0 aliphatic carbocycles. The Labute approximate surface area is 108 Å². The van der Waals surface area contributed by atoms with E-state index in [9.17, 15) is 4.79 Å². The number of amides is 1. The van der Waals surface area contributed by atoms with Gasteiger partial charge in [-0.3, -0.25) is 0 Å². The summed E-state index contributed by atoms with van der Waals surface area (Å²) >= 11 is 0. The van der Waals surface area contributed by atoms with E-state index in [-0.39, 0.29) is 12.0 Å². The van der Waals surface area contributed by atoms with Crippen LogP contribution in [0.3, 0.4) is 0 Å². The molecule has 0 spiro atoms. The normalized spacial score (nSPS) is 13.5. The topological polar surface area (TPSA) is 67.0 Å². The maximum absolute atomic E-state index is 11.8. The van der Waals surface area contributed by atoms with Crippen molar-refractivity contribution < 1.29 is 9.53 Å². The van der Waals surface area contributed by atoms with E-state index in [0.717, 1.165) is 11.5 Å². The molecule has 2 N–H and O–H groups in total. The van der Waals surface area contributed by atoms with E-state index < -0.39 is 11.7 Å². The third kappa shape index (κ3) is 4.39. The van der Waals surface area contributed by atoms with Gasteiger partial charge in [0.1, 0.15) is 11.4 Å². The highest BCUT2D eigenvalue weighted by atomic mass is 16.6. The average molecular weight is 253 g/mol. The quantitative estimate of drug-likeness (QED) is 0.870. The predicted octanol–water partition coefficient (Wildman–Crippen LogP) is 2.94. The minimum absolute atomic E-state index is 0.173. The van der Waals surface area contributed by atoms with E-state index in [2.05, 4.69) is 15.3 Å². The number of imidazole rings is 1. The van der Waals surface area contributed by atoms with Gasteiger partial charge >= 0.3 is 6.09 Å². The molecular formula is C13H23N3O2. The molecule has 0 saturated carbocycles. The fourth-order valence-electron chi connectivity index (χ4n) is 1.58. The molecule has 102 valence electrons. The van der Waals surface area contributed by atoms with Crippen molar-refractivity contribution >= 4 is 6.09 Å². The lowest BCUT2D eigenvalue weighted by atomic mass is 10.0. The Kier molecular flexibility index (Phi) is 4.38. The van der Waals surface area contributed by atoms with E-state index in [0.29, 0.717) is 0 Å². The summed E-state index contributed by atoms with van der Waals surface area (Å²) in [5.74, 6) is 0.983. The average Bonchev–Trinajstić information content (AvgIpc) is 2.57. The first-order valence-corrected chi connectivity index (χ1v) is 6.20. The molecule has 18 heavy (non-hydrogen) atoms. The van der Waals surface area contributed by atoms with Gasteiger partial charge in [0.25, 0.3) is 0 Å². The molecule has 0 aliphatic heterocycles. The Balaban J connectivity index is 2.73. The molecule has 1 heterocycles. The smallest absolute Gasteiger partial charge is 0.408 e. The van der Waals surface area contributed by atoms with Gasteiger partial charge in [0.05, 0.1) is 6.04 Å². The van der Waals surface area contributed by atoms with Crippen molar-refractivity contribution in [3.05, 3.63) is 17.7 Å². The lowest BCUT2D eigenvalue weighted by Crippen LogP contribution is -2.37. The summed E-state index contributed by atoms with van der Waals surface area (Å²) < 4.78 is 5.25. The predicted molar refractivity (Wildman–Crippen MR) is 70.3 cm³/mol. The van der Waals surface area contributed by atoms with Crippen LogP contribution in [0.25, 0.3) is 0 Å². The molecule has 0 unspecified atom stereocenters. The van der Waals surface area contributed by atoms with Gasteiger partial charge in [0.15, 0.2) is 0 Å². The highest BCUT2D eigenvalue weighted by Crippen LogP contribution is 2.19. The zero-order valence-corrected chi connectivity index (χ0v) is 12.0. The lowest BCUT2D eigenvalue weighted by Gasteiger charge is -2.24. The Hall–Kier alpha value is -1.52. The van der Waals surface area contributed by atoms with Crippen LogP contribution in [0.4, 0.5) is 4.79 Å². The van der Waals surface area contributed by atoms with E-state index in [1.54, 1.807) is 6.20 Å². The number of carbonyl (C=O) groups is 1. The Morgan fingerprint density at radius 2 is 2.06 bits per heavy atom. The number of alkyl carbamates (subject to hydrolysis) is 1. The molecule has 0 aliphatic rings. The third-order valence-corrected chi connectivity index (χ3v) is 2.36. The molecule has 0 bridgehead atoms. The van der Waals surface area contributed by atoms with Gasteiger partial charge in [-0.15, -0.1) is 0 Å². The monoisotopic (exact) mass is 253 g/mol. The first kappa shape index (κ1) is 14.5. The van der Waals surface area contributed by atoms with Crippen molar-refractivity contribution in [1.82, 2.24) is 15.3 Å². The number of nitrogens with zero attached hydrogens (tertiary/aromatic N) is 1. The second-order valence-corrected chi connectivity index (χ2v) is 5.82. The number of carbonyl (C=O) groups excluding carboxylic acids is 1. The van der Waals surface area contributed by atoms with Crippen LogP contribution in [0.2, 0.25) is 0 Å². The van der Waals surface area contributed by atoms with Crippen molar-refractivity contribution in [3.63, 3.8) is 0 Å². The summed E-state index contributed by atoms with van der Waals surface area (Å²) in [7, 11) is 0. The van der Waals surface area contributed by atoms with Crippen LogP contribution in [0.1, 0.15) is 52.2 Å². The van der Waals surface area contributed by atoms with Crippen LogP contribution in [0, 0.1) is 12.8 Å². The first-order valence-electron chi connectivity index (χ1n) is 6.20. The molecular weight excluding hydrogens is 230 g/mol. The maximum Gasteiger partial charge on any atom is 0.408 e. The van der Waals surface area contributed by atoms with Gasteiger partial charge in [-0.2, -0.15) is 0 Å². The Morgan fingerprint density at radius 1 is 1.44 bits per heavy atom. The van der Waals surface area contributed by atoms with Crippen LogP contribution in [0.5, 0.6) is 0 Å². The summed E-state index contributed by atoms with van der Waals surface area (Å²) in [5.41, 5.74) is 0.478. The molecule has 1 atom stereocenters. The van der Waals surface area contributed by atoms with Crippen LogP contribution < -0.4 is 5.32 Å². The third-order valence-electron chi connectivity index (χ3n) is 2.36. The van der Waals surface area contributed by atoms with Crippen LogP contribution in [-0.2, 0) is 4.74 Å². The number of hydrogen-bond donors (Lipinski definition) is 2. The zero-order valence-electron chi connectivity index (χ0n) is 12.0. The van der Waals surface area contributed by atoms with Gasteiger partial charge < -0.3 is 15.0 Å². The number of aromatic amines is 1. The summed E-state index contributed by atoms with van der Waals surface area (Å²) in [6.07, 6.45) is 1.33. The van der Waals surface area contributed by atoms with Gasteiger partial charge in [0, 0.05) is 11.9 Å². The molecule has 1 amide bonds. The summed E-state index contributed by atoms with van der Waals surface area (Å²) in [5, 5.41) is 2.85. The number of aromatic nitrogens is 2. The van der Waals surface area contributed by atoms with Gasteiger partial charge in [-0.1, -0.05) is 13.8 Å². The fraction of sp³-hybridized carbons (Fsp3) is 0.692. The number of hydrogen-bond acceptors (Lipinski definition) is 3. The first-order chi connectivity index (χ1) is 8.19. The van der Waals surface area contributed by atoms with Crippen molar-refractivity contribution in [2.24, 2.45) is 5.92 Å². The second-order valence-electron chi connectivity index (χ2n) is 5.82. The minimum atomic E-state index is -0.495. The van der Waals surface area contributed by atoms with Crippen molar-refractivity contribution in [1.29, 1.82) is 0 Å². The van der Waals surface area contributed by atoms with Crippen molar-refractivity contribution in [2.75, 3.05) is 0 Å². The summed E-state index contributed by atoms with van der Waals surface area (Å²) in [4.78, 5) is 19.2. The number of rotatable bonds is 3. The second kappa shape index (κ2) is 5.42. The minimum Gasteiger partial charge on any atom is -0.444 e. The van der Waals surface area contributed by atoms with Crippen LogP contribution in [-0.4, -0.2) is 21.7 Å². The molecule has 1 rings (SSSR count). The standard InChI is InChI=1S/C13H23N3O2/c1-8(2)10(11-14-7-9(3)15-11)16-12(17)18-13(4,5)6/h7-8,10H,1-6H3,(H,14,15)(H,16,17)/t10-/m0/s1. The number of ether oxygens (including phenoxy) is 1. The molecule has 5 heteroatoms. The Morgan fingerprint density at radius 3 is 2.44 bits per heavy atom. The lowest BCUT2D eigenvalue weighted by molar-refractivity contribution is 0.0486. The SMILES string of the molecule is Cc1cnc([C@@H](NC(=O)OC(C)(C)C)C(C)C)[nH]1. The maximum atomic E-state index is 11.8.